The normalized spacial score (nSPS) is 10.9. The number of nitrogens with one attached hydrogen (secondary N) is 1. The number of para-hydroxylation sites is 1. The fraction of sp³-hybridized carbons (Fsp3) is 0.182. The van der Waals surface area contributed by atoms with Crippen LogP contribution < -0.4 is 5.32 Å². The van der Waals surface area contributed by atoms with E-state index in [-0.39, 0.29) is 5.91 Å². The van der Waals surface area contributed by atoms with E-state index in [1.807, 2.05) is 43.3 Å². The first-order chi connectivity index (χ1) is 18.4. The summed E-state index contributed by atoms with van der Waals surface area (Å²) in [5.41, 5.74) is 9.02. The van der Waals surface area contributed by atoms with Crippen LogP contribution >= 0.6 is 11.3 Å². The third-order valence-electron chi connectivity index (χ3n) is 6.97. The highest BCUT2D eigenvalue weighted by atomic mass is 32.1. The number of pyridine rings is 1. The van der Waals surface area contributed by atoms with Gasteiger partial charge in [-0.05, 0) is 67.6 Å². The predicted octanol–water partition coefficient (Wildman–Crippen LogP) is 8.63. The van der Waals surface area contributed by atoms with E-state index < -0.39 is 0 Å². The molecule has 38 heavy (non-hydrogen) atoms. The van der Waals surface area contributed by atoms with Crippen molar-refractivity contribution in [1.82, 2.24) is 4.98 Å². The summed E-state index contributed by atoms with van der Waals surface area (Å²) in [7, 11) is 0. The van der Waals surface area contributed by atoms with Gasteiger partial charge in [-0.1, -0.05) is 67.9 Å². The number of aromatic nitrogens is 1. The van der Waals surface area contributed by atoms with Gasteiger partial charge < -0.3 is 5.32 Å². The molecule has 0 aliphatic rings. The Labute approximate surface area is 227 Å². The van der Waals surface area contributed by atoms with E-state index in [1.54, 1.807) is 0 Å². The number of hydrogen-bond donors (Lipinski definition) is 1. The van der Waals surface area contributed by atoms with Gasteiger partial charge in [-0.3, -0.25) is 4.79 Å². The van der Waals surface area contributed by atoms with Gasteiger partial charge in [0.15, 0.2) is 0 Å². The molecule has 0 aliphatic carbocycles. The molecule has 5 heteroatoms. The van der Waals surface area contributed by atoms with Crippen molar-refractivity contribution in [2.45, 2.75) is 40.5 Å². The number of thiophene rings is 1. The Morgan fingerprint density at radius 3 is 2.39 bits per heavy atom. The monoisotopic (exact) mass is 515 g/mol. The standard InChI is InChI=1S/C33H29N3OS/c1-5-8-23-12-15-24(16-13-23)31-22(4)38-33(28(31)19-34)36-32(37)27-18-30(25-14-11-20(2)21(3)17-25)35-29-10-7-6-9-26(27)29/h6-7,9-18H,5,8H2,1-4H3,(H,36,37). The van der Waals surface area contributed by atoms with Gasteiger partial charge in [0.1, 0.15) is 11.1 Å². The molecule has 3 aromatic carbocycles. The molecule has 2 aromatic heterocycles. The second kappa shape index (κ2) is 10.6. The van der Waals surface area contributed by atoms with Gasteiger partial charge in [0.05, 0.1) is 22.3 Å². The molecule has 1 N–H and O–H groups in total. The highest BCUT2D eigenvalue weighted by Gasteiger charge is 2.21. The van der Waals surface area contributed by atoms with Crippen molar-refractivity contribution in [3.05, 3.63) is 105 Å². The minimum Gasteiger partial charge on any atom is -0.312 e. The SMILES string of the molecule is CCCc1ccc(-c2c(C)sc(NC(=O)c3cc(-c4ccc(C)c(C)c4)nc4ccccc34)c2C#N)cc1. The molecular weight excluding hydrogens is 486 g/mol. The maximum atomic E-state index is 13.7. The number of fused-ring (bicyclic) bond motifs is 1. The summed E-state index contributed by atoms with van der Waals surface area (Å²) in [4.78, 5) is 19.6. The molecule has 0 aliphatic heterocycles. The summed E-state index contributed by atoms with van der Waals surface area (Å²) in [5, 5.41) is 14.5. The van der Waals surface area contributed by atoms with Crippen LogP contribution in [0.2, 0.25) is 0 Å². The van der Waals surface area contributed by atoms with E-state index in [0.717, 1.165) is 51.0 Å². The fourth-order valence-electron chi connectivity index (χ4n) is 4.80. The summed E-state index contributed by atoms with van der Waals surface area (Å²) in [6, 6.07) is 26.5. The average Bonchev–Trinajstić information content (AvgIpc) is 3.24. The van der Waals surface area contributed by atoms with Gasteiger partial charge >= 0.3 is 0 Å². The number of benzene rings is 3. The van der Waals surface area contributed by atoms with Crippen molar-refractivity contribution >= 4 is 33.1 Å². The lowest BCUT2D eigenvalue weighted by atomic mass is 9.99. The van der Waals surface area contributed by atoms with Crippen LogP contribution in [0.4, 0.5) is 5.00 Å². The quantitative estimate of drug-likeness (QED) is 0.246. The van der Waals surface area contributed by atoms with E-state index in [0.29, 0.717) is 16.1 Å². The van der Waals surface area contributed by atoms with Crippen LogP contribution in [0.3, 0.4) is 0 Å². The van der Waals surface area contributed by atoms with Gasteiger partial charge in [0.25, 0.3) is 5.91 Å². The Bertz CT molecular complexity index is 1710. The highest BCUT2D eigenvalue weighted by molar-refractivity contribution is 7.17. The molecule has 4 nitrogen and oxygen atoms in total. The van der Waals surface area contributed by atoms with Gasteiger partial charge in [0, 0.05) is 21.4 Å². The molecule has 0 unspecified atom stereocenters. The van der Waals surface area contributed by atoms with Crippen molar-refractivity contribution in [1.29, 1.82) is 5.26 Å². The Hall–Kier alpha value is -4.27. The lowest BCUT2D eigenvalue weighted by Gasteiger charge is -2.11. The van der Waals surface area contributed by atoms with Crippen LogP contribution in [-0.4, -0.2) is 10.9 Å². The molecule has 0 radical (unpaired) electrons. The number of amides is 1. The largest absolute Gasteiger partial charge is 0.312 e. The van der Waals surface area contributed by atoms with Gasteiger partial charge in [-0.2, -0.15) is 5.26 Å². The Kier molecular flexibility index (Phi) is 7.09. The molecule has 0 atom stereocenters. The van der Waals surface area contributed by atoms with Gasteiger partial charge in [0.2, 0.25) is 0 Å². The first kappa shape index (κ1) is 25.4. The number of aryl methyl sites for hydroxylation is 4. The van der Waals surface area contributed by atoms with E-state index in [4.69, 9.17) is 4.98 Å². The van der Waals surface area contributed by atoms with Gasteiger partial charge in [-0.25, -0.2) is 4.98 Å². The molecule has 1 amide bonds. The van der Waals surface area contributed by atoms with Crippen molar-refractivity contribution in [3.63, 3.8) is 0 Å². The average molecular weight is 516 g/mol. The van der Waals surface area contributed by atoms with Crippen molar-refractivity contribution in [2.75, 3.05) is 5.32 Å². The van der Waals surface area contributed by atoms with Crippen LogP contribution in [0, 0.1) is 32.1 Å². The molecule has 0 fully saturated rings. The molecule has 2 heterocycles. The number of nitrogens with zero attached hydrogens (tertiary/aromatic N) is 2. The Morgan fingerprint density at radius 1 is 0.947 bits per heavy atom. The smallest absolute Gasteiger partial charge is 0.257 e. The summed E-state index contributed by atoms with van der Waals surface area (Å²) in [5.74, 6) is -0.253. The van der Waals surface area contributed by atoms with E-state index in [1.165, 1.54) is 28.0 Å². The number of nitriles is 1. The topological polar surface area (TPSA) is 65.8 Å². The minimum absolute atomic E-state index is 0.253. The highest BCUT2D eigenvalue weighted by Crippen LogP contribution is 2.40. The molecule has 5 aromatic rings. The van der Waals surface area contributed by atoms with Crippen LogP contribution in [-0.2, 0) is 6.42 Å². The van der Waals surface area contributed by atoms with E-state index in [9.17, 15) is 10.1 Å². The maximum Gasteiger partial charge on any atom is 0.257 e. The predicted molar refractivity (Wildman–Crippen MR) is 158 cm³/mol. The number of carbonyl (C=O) groups excluding carboxylic acids is 1. The Balaban J connectivity index is 1.55. The second-order valence-corrected chi connectivity index (χ2v) is 10.8. The van der Waals surface area contributed by atoms with Crippen LogP contribution in [0.5, 0.6) is 0 Å². The zero-order valence-electron chi connectivity index (χ0n) is 22.1. The summed E-state index contributed by atoms with van der Waals surface area (Å²) >= 11 is 1.44. The lowest BCUT2D eigenvalue weighted by Crippen LogP contribution is -2.13. The fourth-order valence-corrected chi connectivity index (χ4v) is 5.82. The molecule has 0 spiro atoms. The molecule has 188 valence electrons. The van der Waals surface area contributed by atoms with E-state index in [2.05, 4.69) is 68.6 Å². The second-order valence-electron chi connectivity index (χ2n) is 9.62. The van der Waals surface area contributed by atoms with Crippen LogP contribution in [0.15, 0.2) is 72.8 Å². The van der Waals surface area contributed by atoms with Crippen molar-refractivity contribution in [3.8, 4) is 28.5 Å². The first-order valence-electron chi connectivity index (χ1n) is 12.8. The minimum atomic E-state index is -0.253. The zero-order valence-corrected chi connectivity index (χ0v) is 22.9. The maximum absolute atomic E-state index is 13.7. The molecule has 5 rings (SSSR count). The number of carbonyl (C=O) groups is 1. The summed E-state index contributed by atoms with van der Waals surface area (Å²) in [6.45, 7) is 8.31. The summed E-state index contributed by atoms with van der Waals surface area (Å²) < 4.78 is 0. The zero-order chi connectivity index (χ0) is 26.8. The molecular formula is C33H29N3OS. The van der Waals surface area contributed by atoms with Crippen molar-refractivity contribution in [2.24, 2.45) is 0 Å². The molecule has 0 saturated carbocycles. The molecule has 0 saturated heterocycles. The van der Waals surface area contributed by atoms with Crippen LogP contribution in [0.25, 0.3) is 33.3 Å². The van der Waals surface area contributed by atoms with E-state index >= 15 is 0 Å². The summed E-state index contributed by atoms with van der Waals surface area (Å²) in [6.07, 6.45) is 2.12. The number of anilines is 1. The van der Waals surface area contributed by atoms with Crippen LogP contribution in [0.1, 0.15) is 50.8 Å². The molecule has 0 bridgehead atoms. The third kappa shape index (κ3) is 4.83. The van der Waals surface area contributed by atoms with Gasteiger partial charge in [-0.15, -0.1) is 11.3 Å². The number of hydrogen-bond acceptors (Lipinski definition) is 4. The number of rotatable bonds is 6. The van der Waals surface area contributed by atoms with Crippen molar-refractivity contribution < 1.29 is 4.79 Å². The lowest BCUT2D eigenvalue weighted by molar-refractivity contribution is 0.102. The Morgan fingerprint density at radius 2 is 1.68 bits per heavy atom. The first-order valence-corrected chi connectivity index (χ1v) is 13.6. The third-order valence-corrected chi connectivity index (χ3v) is 7.99.